The van der Waals surface area contributed by atoms with E-state index in [1.807, 2.05) is 0 Å². The quantitative estimate of drug-likeness (QED) is 0.285. The number of hydrogen-bond acceptors (Lipinski definition) is 3. The molecular weight excluding hydrogens is 294 g/mol. The zero-order valence-electron chi connectivity index (χ0n) is 14.2. The van der Waals surface area contributed by atoms with Gasteiger partial charge >= 0.3 is 8.80 Å². The molecule has 0 aromatic heterocycles. The van der Waals surface area contributed by atoms with Crippen molar-refractivity contribution in [2.75, 3.05) is 48.5 Å². The van der Waals surface area contributed by atoms with Crippen molar-refractivity contribution >= 4 is 8.80 Å². The van der Waals surface area contributed by atoms with Crippen molar-refractivity contribution in [3.05, 3.63) is 0 Å². The predicted molar refractivity (Wildman–Crippen MR) is 82.2 cm³/mol. The number of rotatable bonds is 12. The summed E-state index contributed by atoms with van der Waals surface area (Å²) in [6, 6.07) is 0.896. The highest BCUT2D eigenvalue weighted by Crippen LogP contribution is 2.16. The molecule has 0 saturated carbocycles. The van der Waals surface area contributed by atoms with Crippen molar-refractivity contribution in [2.45, 2.75) is 45.1 Å². The Labute approximate surface area is 133 Å². The average molecular weight is 328 g/mol. The van der Waals surface area contributed by atoms with Gasteiger partial charge in [0, 0.05) is 33.8 Å². The van der Waals surface area contributed by atoms with E-state index in [0.717, 1.165) is 23.5 Å². The third-order valence-corrected chi connectivity index (χ3v) is 6.63. The van der Waals surface area contributed by atoms with Crippen molar-refractivity contribution < 1.29 is 30.2 Å². The summed E-state index contributed by atoms with van der Waals surface area (Å²) in [7, 11) is 7.30. The fourth-order valence-electron chi connectivity index (χ4n) is 2.36. The molecule has 124 valence electrons. The molecule has 0 amide bonds. The second-order valence-corrected chi connectivity index (χ2v) is 8.93. The lowest BCUT2D eigenvalue weighted by Crippen LogP contribution is -3.00. The van der Waals surface area contributed by atoms with Gasteiger partial charge in [-0.2, -0.15) is 0 Å². The Balaban J connectivity index is 0. The summed E-state index contributed by atoms with van der Waals surface area (Å²) >= 11 is 0. The summed E-state index contributed by atoms with van der Waals surface area (Å²) in [6.45, 7) is 4.66. The zero-order valence-corrected chi connectivity index (χ0v) is 16.0. The van der Waals surface area contributed by atoms with Crippen LogP contribution < -0.4 is 12.4 Å². The monoisotopic (exact) mass is 327 g/mol. The lowest BCUT2D eigenvalue weighted by Gasteiger charge is -2.31. The standard InChI is InChI=1S/C14H34NO3Si.ClH/c1-7-8-9-10-12-15(2,3)13-11-14-19(16-4,17-5)18-6;/h7-14H2,1-6H3;1H/q+1;/p-1. The Morgan fingerprint density at radius 3 is 1.75 bits per heavy atom. The minimum atomic E-state index is -2.37. The molecule has 0 saturated heterocycles. The number of nitrogens with zero attached hydrogens (tertiary/aromatic N) is 1. The number of unbranched alkanes of at least 4 members (excludes halogenated alkanes) is 3. The normalized spacial score (nSPS) is 12.3. The van der Waals surface area contributed by atoms with Gasteiger partial charge in [-0.05, 0) is 12.8 Å². The summed E-state index contributed by atoms with van der Waals surface area (Å²) in [4.78, 5) is 0. The molecule has 0 spiro atoms. The van der Waals surface area contributed by atoms with Gasteiger partial charge in [-0.25, -0.2) is 0 Å². The van der Waals surface area contributed by atoms with Crippen molar-refractivity contribution in [1.82, 2.24) is 0 Å². The Bertz CT molecular complexity index is 218. The van der Waals surface area contributed by atoms with Gasteiger partial charge in [0.15, 0.2) is 0 Å². The van der Waals surface area contributed by atoms with Crippen LogP contribution in [-0.4, -0.2) is 61.8 Å². The molecule has 0 heterocycles. The van der Waals surface area contributed by atoms with E-state index in [0.29, 0.717) is 0 Å². The van der Waals surface area contributed by atoms with Crippen LogP contribution in [0, 0.1) is 0 Å². The third-order valence-electron chi connectivity index (χ3n) is 3.80. The van der Waals surface area contributed by atoms with E-state index in [1.165, 1.54) is 32.2 Å². The molecule has 0 aliphatic heterocycles. The van der Waals surface area contributed by atoms with Crippen LogP contribution in [0.5, 0.6) is 0 Å². The smallest absolute Gasteiger partial charge is 0.500 e. The topological polar surface area (TPSA) is 27.7 Å². The van der Waals surface area contributed by atoms with Crippen LogP contribution in [0.15, 0.2) is 0 Å². The van der Waals surface area contributed by atoms with Crippen molar-refractivity contribution in [2.24, 2.45) is 0 Å². The third kappa shape index (κ3) is 9.31. The van der Waals surface area contributed by atoms with Gasteiger partial charge in [-0.3, -0.25) is 0 Å². The van der Waals surface area contributed by atoms with Gasteiger partial charge in [0.05, 0.1) is 27.2 Å². The molecule has 0 aliphatic rings. The molecule has 0 radical (unpaired) electrons. The Morgan fingerprint density at radius 1 is 0.800 bits per heavy atom. The molecule has 0 bridgehead atoms. The lowest BCUT2D eigenvalue weighted by atomic mass is 10.2. The second-order valence-electron chi connectivity index (χ2n) is 5.84. The highest BCUT2D eigenvalue weighted by atomic mass is 35.5. The maximum absolute atomic E-state index is 5.45. The van der Waals surface area contributed by atoms with Crippen LogP contribution in [0.2, 0.25) is 6.04 Å². The van der Waals surface area contributed by atoms with Gasteiger partial charge in [0.2, 0.25) is 0 Å². The van der Waals surface area contributed by atoms with Crippen LogP contribution in [0.1, 0.15) is 39.0 Å². The first-order valence-corrected chi connectivity index (χ1v) is 9.36. The first-order valence-electron chi connectivity index (χ1n) is 7.42. The van der Waals surface area contributed by atoms with Crippen molar-refractivity contribution in [3.63, 3.8) is 0 Å². The molecule has 4 nitrogen and oxygen atoms in total. The largest absolute Gasteiger partial charge is 1.00 e. The minimum absolute atomic E-state index is 0. The molecule has 0 aromatic rings. The summed E-state index contributed by atoms with van der Waals surface area (Å²) in [5.41, 5.74) is 0. The number of halogens is 1. The summed E-state index contributed by atoms with van der Waals surface area (Å²) < 4.78 is 17.4. The highest BCUT2D eigenvalue weighted by molar-refractivity contribution is 6.60. The fraction of sp³-hybridized carbons (Fsp3) is 1.00. The van der Waals surface area contributed by atoms with Crippen LogP contribution in [0.25, 0.3) is 0 Å². The van der Waals surface area contributed by atoms with Gasteiger partial charge in [-0.15, -0.1) is 0 Å². The average Bonchev–Trinajstić information content (AvgIpc) is 2.40. The van der Waals surface area contributed by atoms with Gasteiger partial charge in [-0.1, -0.05) is 19.8 Å². The lowest BCUT2D eigenvalue weighted by molar-refractivity contribution is -0.890. The van der Waals surface area contributed by atoms with Gasteiger partial charge in [0.25, 0.3) is 0 Å². The fourth-order valence-corrected chi connectivity index (χ4v) is 4.06. The van der Waals surface area contributed by atoms with Crippen LogP contribution in [-0.2, 0) is 13.3 Å². The van der Waals surface area contributed by atoms with Gasteiger partial charge in [0.1, 0.15) is 0 Å². The molecule has 0 rings (SSSR count). The van der Waals surface area contributed by atoms with E-state index in [2.05, 4.69) is 21.0 Å². The van der Waals surface area contributed by atoms with Crippen LogP contribution in [0.4, 0.5) is 0 Å². The maximum atomic E-state index is 5.45. The molecule has 0 fully saturated rings. The highest BCUT2D eigenvalue weighted by Gasteiger charge is 2.37. The van der Waals surface area contributed by atoms with E-state index >= 15 is 0 Å². The molecule has 0 N–H and O–H groups in total. The van der Waals surface area contributed by atoms with E-state index in [-0.39, 0.29) is 12.4 Å². The Kier molecular flexibility index (Phi) is 13.5. The minimum Gasteiger partial charge on any atom is -1.00 e. The van der Waals surface area contributed by atoms with Crippen molar-refractivity contribution in [1.29, 1.82) is 0 Å². The molecular formula is C14H34ClNO3Si. The summed E-state index contributed by atoms with van der Waals surface area (Å²) in [5, 5.41) is 0. The molecule has 0 unspecified atom stereocenters. The number of hydrogen-bond donors (Lipinski definition) is 0. The summed E-state index contributed by atoms with van der Waals surface area (Å²) in [5.74, 6) is 0. The molecule has 0 aromatic carbocycles. The van der Waals surface area contributed by atoms with E-state index in [9.17, 15) is 0 Å². The SMILES string of the molecule is CCCCCC[N+](C)(C)CCC[Si](OC)(OC)OC.[Cl-]. The van der Waals surface area contributed by atoms with Gasteiger partial charge < -0.3 is 30.2 Å². The summed E-state index contributed by atoms with van der Waals surface area (Å²) in [6.07, 6.45) is 6.42. The first-order chi connectivity index (χ1) is 8.95. The first kappa shape index (κ1) is 22.6. The Morgan fingerprint density at radius 2 is 1.30 bits per heavy atom. The molecule has 20 heavy (non-hydrogen) atoms. The van der Waals surface area contributed by atoms with E-state index in [4.69, 9.17) is 13.3 Å². The second kappa shape index (κ2) is 11.9. The zero-order chi connectivity index (χ0) is 14.8. The molecule has 0 aliphatic carbocycles. The van der Waals surface area contributed by atoms with E-state index < -0.39 is 8.80 Å². The van der Waals surface area contributed by atoms with Crippen molar-refractivity contribution in [3.8, 4) is 0 Å². The number of quaternary nitrogens is 1. The maximum Gasteiger partial charge on any atom is 0.500 e. The van der Waals surface area contributed by atoms with E-state index in [1.54, 1.807) is 21.3 Å². The molecule has 6 heteroatoms. The predicted octanol–water partition coefficient (Wildman–Crippen LogP) is -0.0847. The van der Waals surface area contributed by atoms with Crippen LogP contribution >= 0.6 is 0 Å². The van der Waals surface area contributed by atoms with Crippen LogP contribution in [0.3, 0.4) is 0 Å². The Hall–Kier alpha value is 0.347. The molecule has 0 atom stereocenters.